The number of anilines is 6. The number of nitrogens with zero attached hydrogens (tertiary/aromatic N) is 2. The predicted molar refractivity (Wildman–Crippen MR) is 426 cm³/mol. The normalized spacial score (nSPS) is 13.0. The molecular formula is C99H68N2. The lowest BCUT2D eigenvalue weighted by Gasteiger charge is -2.35. The Balaban J connectivity index is 0.781. The van der Waals surface area contributed by atoms with Gasteiger partial charge in [0.05, 0.1) is 28.2 Å². The Labute approximate surface area is 590 Å². The summed E-state index contributed by atoms with van der Waals surface area (Å²) in [7, 11) is 0. The summed E-state index contributed by atoms with van der Waals surface area (Å²) in [4.78, 5) is 4.96. The third-order valence-electron chi connectivity index (χ3n) is 20.5. The monoisotopic (exact) mass is 1280 g/mol. The molecule has 1 aliphatic carbocycles. The zero-order valence-corrected chi connectivity index (χ0v) is 55.7. The SMILES string of the molecule is c1ccc(-c2ccccc2N(c2ccc3c(c2)C(c2ccccc2)(c2cccc(-c4cccc(-c5ccccc5N(c5ccccc5)c5ccccc5-c5cccc(-c6cccc7ccccc67)c5)c4)c2)c2ccccc2-3)c2ccccc2-c2cccc(-c3cccc4ccccc34)c2)cc1. The second-order valence-corrected chi connectivity index (χ2v) is 26.2. The second-order valence-electron chi connectivity index (χ2n) is 26.2. The molecule has 1 unspecified atom stereocenters. The molecule has 101 heavy (non-hydrogen) atoms. The third-order valence-corrected chi connectivity index (χ3v) is 20.5. The Morgan fingerprint density at radius 2 is 0.495 bits per heavy atom. The van der Waals surface area contributed by atoms with Crippen molar-refractivity contribution >= 4 is 55.7 Å². The zero-order valence-electron chi connectivity index (χ0n) is 55.7. The molecule has 2 nitrogen and oxygen atoms in total. The Hall–Kier alpha value is -13.1. The van der Waals surface area contributed by atoms with E-state index in [1.807, 2.05) is 0 Å². The molecule has 18 rings (SSSR count). The summed E-state index contributed by atoms with van der Waals surface area (Å²) in [6, 6.07) is 152. The van der Waals surface area contributed by atoms with Gasteiger partial charge in [-0.2, -0.15) is 0 Å². The maximum Gasteiger partial charge on any atom is 0.0714 e. The van der Waals surface area contributed by atoms with Gasteiger partial charge >= 0.3 is 0 Å². The highest BCUT2D eigenvalue weighted by Gasteiger charge is 2.47. The van der Waals surface area contributed by atoms with Gasteiger partial charge in [0.1, 0.15) is 0 Å². The molecule has 1 aliphatic rings. The highest BCUT2D eigenvalue weighted by atomic mass is 15.2. The van der Waals surface area contributed by atoms with Crippen molar-refractivity contribution in [3.63, 3.8) is 0 Å². The Kier molecular flexibility index (Phi) is 15.5. The molecule has 474 valence electrons. The van der Waals surface area contributed by atoms with Crippen LogP contribution in [0.15, 0.2) is 413 Å². The van der Waals surface area contributed by atoms with Gasteiger partial charge in [0.2, 0.25) is 0 Å². The maximum absolute atomic E-state index is 2.52. The molecule has 0 aliphatic heterocycles. The van der Waals surface area contributed by atoms with Gasteiger partial charge in [-0.1, -0.05) is 340 Å². The number of rotatable bonds is 15. The van der Waals surface area contributed by atoms with E-state index < -0.39 is 5.41 Å². The molecule has 0 aromatic heterocycles. The average molecular weight is 1290 g/mol. The fraction of sp³-hybridized carbons (Fsp3) is 0.0101. The van der Waals surface area contributed by atoms with Crippen LogP contribution in [-0.4, -0.2) is 0 Å². The Morgan fingerprint density at radius 1 is 0.168 bits per heavy atom. The van der Waals surface area contributed by atoms with Crippen LogP contribution in [0.1, 0.15) is 22.3 Å². The molecule has 0 spiro atoms. The molecule has 2 heteroatoms. The minimum atomic E-state index is -0.738. The molecule has 0 fully saturated rings. The number of hydrogen-bond acceptors (Lipinski definition) is 2. The maximum atomic E-state index is 2.52. The highest BCUT2D eigenvalue weighted by molar-refractivity contribution is 6.02. The number of benzene rings is 17. The van der Waals surface area contributed by atoms with Crippen molar-refractivity contribution in [3.05, 3.63) is 435 Å². The lowest BCUT2D eigenvalue weighted by molar-refractivity contribution is 0.769. The van der Waals surface area contributed by atoms with E-state index >= 15 is 0 Å². The molecule has 0 saturated heterocycles. The van der Waals surface area contributed by atoms with Crippen LogP contribution < -0.4 is 9.80 Å². The Bertz CT molecular complexity index is 5920. The van der Waals surface area contributed by atoms with Gasteiger partial charge in [0, 0.05) is 33.6 Å². The van der Waals surface area contributed by atoms with Crippen molar-refractivity contribution in [3.8, 4) is 89.0 Å². The van der Waals surface area contributed by atoms with Crippen LogP contribution in [0.5, 0.6) is 0 Å². The van der Waals surface area contributed by atoms with Crippen LogP contribution in [0.3, 0.4) is 0 Å². The van der Waals surface area contributed by atoms with E-state index in [0.717, 1.165) is 89.8 Å². The van der Waals surface area contributed by atoms with Crippen LogP contribution in [-0.2, 0) is 5.41 Å². The fourth-order valence-electron chi connectivity index (χ4n) is 16.0. The van der Waals surface area contributed by atoms with E-state index in [1.165, 1.54) is 77.2 Å². The molecular weight excluding hydrogens is 1220 g/mol. The summed E-state index contributed by atoms with van der Waals surface area (Å²) in [6.07, 6.45) is 0. The topological polar surface area (TPSA) is 6.48 Å². The minimum Gasteiger partial charge on any atom is -0.309 e. The molecule has 0 radical (unpaired) electrons. The van der Waals surface area contributed by atoms with Gasteiger partial charge in [-0.15, -0.1) is 0 Å². The van der Waals surface area contributed by atoms with Crippen LogP contribution in [0.4, 0.5) is 34.1 Å². The minimum absolute atomic E-state index is 0.738. The van der Waals surface area contributed by atoms with Crippen LogP contribution >= 0.6 is 0 Å². The molecule has 0 saturated carbocycles. The number of para-hydroxylation sites is 5. The summed E-state index contributed by atoms with van der Waals surface area (Å²) in [6.45, 7) is 0. The third kappa shape index (κ3) is 10.8. The first-order valence-electron chi connectivity index (χ1n) is 34.9. The van der Waals surface area contributed by atoms with E-state index in [0.29, 0.717) is 0 Å². The second kappa shape index (κ2) is 26.0. The van der Waals surface area contributed by atoms with Crippen molar-refractivity contribution in [2.45, 2.75) is 5.41 Å². The van der Waals surface area contributed by atoms with Crippen molar-refractivity contribution in [2.75, 3.05) is 9.80 Å². The van der Waals surface area contributed by atoms with Crippen molar-refractivity contribution < 1.29 is 0 Å². The quantitative estimate of drug-likeness (QED) is 0.101. The summed E-state index contributed by atoms with van der Waals surface area (Å²) in [5, 5.41) is 4.94. The Morgan fingerprint density at radius 3 is 1.03 bits per heavy atom. The molecule has 0 amide bonds. The van der Waals surface area contributed by atoms with E-state index in [4.69, 9.17) is 0 Å². The van der Waals surface area contributed by atoms with Gasteiger partial charge in [-0.05, 0) is 183 Å². The first kappa shape index (κ1) is 60.3. The largest absolute Gasteiger partial charge is 0.309 e. The molecule has 17 aromatic carbocycles. The average Bonchev–Trinajstić information content (AvgIpc) is 1.56. The summed E-state index contributed by atoms with van der Waals surface area (Å²) >= 11 is 0. The summed E-state index contributed by atoms with van der Waals surface area (Å²) < 4.78 is 0. The van der Waals surface area contributed by atoms with Crippen molar-refractivity contribution in [2.24, 2.45) is 0 Å². The van der Waals surface area contributed by atoms with Gasteiger partial charge < -0.3 is 9.80 Å². The molecule has 0 bridgehead atoms. The first-order valence-corrected chi connectivity index (χ1v) is 34.9. The van der Waals surface area contributed by atoms with Crippen molar-refractivity contribution in [1.82, 2.24) is 0 Å². The first-order chi connectivity index (χ1) is 50.1. The van der Waals surface area contributed by atoms with Gasteiger partial charge in [-0.25, -0.2) is 0 Å². The fourth-order valence-corrected chi connectivity index (χ4v) is 16.0. The van der Waals surface area contributed by atoms with Gasteiger partial charge in [0.15, 0.2) is 0 Å². The van der Waals surface area contributed by atoms with E-state index in [-0.39, 0.29) is 0 Å². The van der Waals surface area contributed by atoms with Crippen LogP contribution in [0.2, 0.25) is 0 Å². The number of fused-ring (bicyclic) bond motifs is 5. The van der Waals surface area contributed by atoms with Crippen LogP contribution in [0, 0.1) is 0 Å². The van der Waals surface area contributed by atoms with E-state index in [1.54, 1.807) is 0 Å². The number of hydrogen-bond donors (Lipinski definition) is 0. The molecule has 0 heterocycles. The van der Waals surface area contributed by atoms with Crippen molar-refractivity contribution in [1.29, 1.82) is 0 Å². The lowest BCUT2D eigenvalue weighted by atomic mass is 9.67. The molecule has 1 atom stereocenters. The van der Waals surface area contributed by atoms with Gasteiger partial charge in [0.25, 0.3) is 0 Å². The molecule has 0 N–H and O–H groups in total. The summed E-state index contributed by atoms with van der Waals surface area (Å²) in [5.41, 5.74) is 29.2. The lowest BCUT2D eigenvalue weighted by Crippen LogP contribution is -2.29. The van der Waals surface area contributed by atoms with Gasteiger partial charge in [-0.3, -0.25) is 0 Å². The summed E-state index contributed by atoms with van der Waals surface area (Å²) in [5.74, 6) is 0. The standard InChI is InChI=1S/C99H68N2/c1-4-30-71(31-5-1)87-50-15-20-58-95(87)101(98-61-23-18-53-90(98)78-42-26-39-75(66-78)86-56-29-35-70-33-11-13-49-84(70)86)82-62-63-92-91-54-14-19-57-93(91)99(94(92)68-82,79-43-6-2-7-44-79)80-45-27-37-73(67-80)72-36-24-40-76(64-72)88-51-16-21-59-96(88)100(81-46-8-3-9-47-81)97-60-22-17-52-89(97)77-41-25-38-74(65-77)85-55-28-34-69-32-10-12-48-83(69)85/h1-68H. The predicted octanol–water partition coefficient (Wildman–Crippen LogP) is 27.0. The van der Waals surface area contributed by atoms with E-state index in [2.05, 4.69) is 422 Å². The smallest absolute Gasteiger partial charge is 0.0714 e. The van der Waals surface area contributed by atoms with Crippen LogP contribution in [0.25, 0.3) is 111 Å². The zero-order chi connectivity index (χ0) is 67.1. The molecule has 17 aromatic rings. The highest BCUT2D eigenvalue weighted by Crippen LogP contribution is 2.59. The van der Waals surface area contributed by atoms with E-state index in [9.17, 15) is 0 Å².